The molecule has 3 aliphatic heterocycles. The zero-order valence-electron chi connectivity index (χ0n) is 16.9. The van der Waals surface area contributed by atoms with Gasteiger partial charge in [0.25, 0.3) is 0 Å². The van der Waals surface area contributed by atoms with Crippen LogP contribution in [0.4, 0.5) is 0 Å². The van der Waals surface area contributed by atoms with Crippen molar-refractivity contribution in [3.05, 3.63) is 71.9 Å². The van der Waals surface area contributed by atoms with Gasteiger partial charge < -0.3 is 9.73 Å². The van der Waals surface area contributed by atoms with Crippen LogP contribution in [0.1, 0.15) is 35.8 Å². The summed E-state index contributed by atoms with van der Waals surface area (Å²) in [7, 11) is 0. The maximum atomic E-state index is 5.57. The Morgan fingerprint density at radius 2 is 2.03 bits per heavy atom. The second-order valence-corrected chi connectivity index (χ2v) is 8.36. The summed E-state index contributed by atoms with van der Waals surface area (Å²) in [5, 5.41) is 3.67. The van der Waals surface area contributed by atoms with E-state index >= 15 is 0 Å². The topological polar surface area (TPSA) is 54.2 Å². The second kappa shape index (κ2) is 8.09. The fourth-order valence-electron chi connectivity index (χ4n) is 5.00. The van der Waals surface area contributed by atoms with Gasteiger partial charge in [-0.15, -0.1) is 0 Å². The van der Waals surface area contributed by atoms with Gasteiger partial charge in [-0.25, -0.2) is 9.97 Å². The first-order valence-corrected chi connectivity index (χ1v) is 10.6. The van der Waals surface area contributed by atoms with Gasteiger partial charge in [0.15, 0.2) is 5.76 Å². The number of piperidine rings is 3. The molecular weight excluding hydrogens is 360 g/mol. The fraction of sp³-hybridized carbons (Fsp3) is 0.417. The van der Waals surface area contributed by atoms with E-state index in [1.807, 2.05) is 19.1 Å². The number of hydrogen-bond acceptors (Lipinski definition) is 5. The molecule has 2 bridgehead atoms. The minimum Gasteiger partial charge on any atom is -0.463 e. The predicted octanol–water partition coefficient (Wildman–Crippen LogP) is 4.01. The molecule has 0 aliphatic carbocycles. The third-order valence-electron chi connectivity index (χ3n) is 6.44. The molecule has 0 amide bonds. The van der Waals surface area contributed by atoms with Crippen molar-refractivity contribution in [2.24, 2.45) is 5.92 Å². The first-order chi connectivity index (χ1) is 14.3. The summed E-state index contributed by atoms with van der Waals surface area (Å²) in [6.45, 7) is 6.27. The van der Waals surface area contributed by atoms with E-state index in [1.54, 1.807) is 6.26 Å². The van der Waals surface area contributed by atoms with Crippen LogP contribution in [0.25, 0.3) is 11.5 Å². The lowest BCUT2D eigenvalue weighted by molar-refractivity contribution is 0.0292. The lowest BCUT2D eigenvalue weighted by atomic mass is 9.74. The van der Waals surface area contributed by atoms with Crippen molar-refractivity contribution >= 4 is 0 Å². The van der Waals surface area contributed by atoms with Crippen molar-refractivity contribution in [2.45, 2.75) is 38.3 Å². The van der Waals surface area contributed by atoms with Crippen LogP contribution in [-0.2, 0) is 6.54 Å². The van der Waals surface area contributed by atoms with Gasteiger partial charge in [-0.3, -0.25) is 4.90 Å². The summed E-state index contributed by atoms with van der Waals surface area (Å²) in [5.41, 5.74) is 3.42. The van der Waals surface area contributed by atoms with Gasteiger partial charge in [-0.1, -0.05) is 30.3 Å². The monoisotopic (exact) mass is 388 g/mol. The van der Waals surface area contributed by atoms with Crippen molar-refractivity contribution in [2.75, 3.05) is 19.6 Å². The highest BCUT2D eigenvalue weighted by atomic mass is 16.3. The number of aryl methyl sites for hydroxylation is 1. The maximum Gasteiger partial charge on any atom is 0.152 e. The van der Waals surface area contributed by atoms with Crippen LogP contribution in [-0.4, -0.2) is 40.5 Å². The van der Waals surface area contributed by atoms with E-state index < -0.39 is 0 Å². The summed E-state index contributed by atoms with van der Waals surface area (Å²) >= 11 is 0. The van der Waals surface area contributed by atoms with Crippen molar-refractivity contribution in [3.63, 3.8) is 0 Å². The minimum absolute atomic E-state index is 0.490. The lowest BCUT2D eigenvalue weighted by Gasteiger charge is -2.50. The number of benzene rings is 1. The molecule has 3 fully saturated rings. The van der Waals surface area contributed by atoms with Crippen LogP contribution in [0.5, 0.6) is 0 Å². The van der Waals surface area contributed by atoms with E-state index in [-0.39, 0.29) is 0 Å². The van der Waals surface area contributed by atoms with Gasteiger partial charge >= 0.3 is 0 Å². The SMILES string of the molecule is Cc1nc(-c2ccco2)cc([C@H]2CN3CC[C@H]2C[C@@H]3CNCc2ccccc2)n1. The van der Waals surface area contributed by atoms with Crippen LogP contribution < -0.4 is 5.32 Å². The Morgan fingerprint density at radius 1 is 1.14 bits per heavy atom. The summed E-state index contributed by atoms with van der Waals surface area (Å²) in [6.07, 6.45) is 4.21. The first-order valence-electron chi connectivity index (χ1n) is 10.6. The molecule has 3 aromatic rings. The van der Waals surface area contributed by atoms with Crippen LogP contribution in [0.2, 0.25) is 0 Å². The third-order valence-corrected chi connectivity index (χ3v) is 6.44. The number of nitrogens with zero attached hydrogens (tertiary/aromatic N) is 3. The van der Waals surface area contributed by atoms with Crippen molar-refractivity contribution in [1.82, 2.24) is 20.2 Å². The molecule has 0 spiro atoms. The van der Waals surface area contributed by atoms with Crippen LogP contribution in [0.15, 0.2) is 59.2 Å². The normalized spacial score (nSPS) is 26.0. The molecule has 3 aliphatic rings. The maximum absolute atomic E-state index is 5.57. The quantitative estimate of drug-likeness (QED) is 0.691. The second-order valence-electron chi connectivity index (χ2n) is 8.36. The molecule has 0 radical (unpaired) electrons. The standard InChI is InChI=1S/C24H28N4O/c1-17-26-22(13-23(27-17)24-8-5-11-29-24)21-16-28-10-9-19(21)12-20(28)15-25-14-18-6-3-2-4-7-18/h2-8,11,13,19-21,25H,9-10,12,14-16H2,1H3/t19-,20+,21-/m0/s1. The summed E-state index contributed by atoms with van der Waals surface area (Å²) in [5.74, 6) is 2.83. The van der Waals surface area contributed by atoms with E-state index in [4.69, 9.17) is 9.40 Å². The summed E-state index contributed by atoms with van der Waals surface area (Å²) in [4.78, 5) is 12.1. The summed E-state index contributed by atoms with van der Waals surface area (Å²) < 4.78 is 5.57. The molecule has 5 heteroatoms. The molecule has 2 aromatic heterocycles. The number of rotatable bonds is 6. The molecule has 1 unspecified atom stereocenters. The molecule has 1 N–H and O–H groups in total. The number of nitrogens with one attached hydrogen (secondary N) is 1. The minimum atomic E-state index is 0.490. The Hall–Kier alpha value is -2.50. The van der Waals surface area contributed by atoms with Crippen LogP contribution in [0.3, 0.4) is 0 Å². The van der Waals surface area contributed by atoms with E-state index in [0.29, 0.717) is 17.9 Å². The number of furan rings is 1. The van der Waals surface area contributed by atoms with Gasteiger partial charge in [0.05, 0.1) is 6.26 Å². The van der Waals surface area contributed by atoms with Gasteiger partial charge in [-0.2, -0.15) is 0 Å². The Bertz CT molecular complexity index is 941. The van der Waals surface area contributed by atoms with Gasteiger partial charge in [0.2, 0.25) is 0 Å². The lowest BCUT2D eigenvalue weighted by Crippen LogP contribution is -2.55. The Balaban J connectivity index is 1.26. The summed E-state index contributed by atoms with van der Waals surface area (Å²) in [6, 6.07) is 17.3. The van der Waals surface area contributed by atoms with Gasteiger partial charge in [0.1, 0.15) is 11.5 Å². The predicted molar refractivity (Wildman–Crippen MR) is 113 cm³/mol. The Morgan fingerprint density at radius 3 is 2.79 bits per heavy atom. The van der Waals surface area contributed by atoms with E-state index in [0.717, 1.165) is 36.9 Å². The van der Waals surface area contributed by atoms with E-state index in [2.05, 4.69) is 51.6 Å². The molecule has 29 heavy (non-hydrogen) atoms. The fourth-order valence-corrected chi connectivity index (χ4v) is 5.00. The van der Waals surface area contributed by atoms with Gasteiger partial charge in [-0.05, 0) is 56.0 Å². The third kappa shape index (κ3) is 3.98. The van der Waals surface area contributed by atoms with E-state index in [9.17, 15) is 0 Å². The molecule has 150 valence electrons. The average molecular weight is 389 g/mol. The van der Waals surface area contributed by atoms with E-state index in [1.165, 1.54) is 30.6 Å². The molecule has 5 heterocycles. The molecule has 6 rings (SSSR count). The van der Waals surface area contributed by atoms with Crippen molar-refractivity contribution in [1.29, 1.82) is 0 Å². The number of fused-ring (bicyclic) bond motifs is 3. The molecule has 5 nitrogen and oxygen atoms in total. The highest BCUT2D eigenvalue weighted by Gasteiger charge is 2.41. The average Bonchev–Trinajstić information content (AvgIpc) is 3.30. The van der Waals surface area contributed by atoms with Crippen molar-refractivity contribution < 1.29 is 4.42 Å². The Labute approximate surface area is 172 Å². The molecule has 4 atom stereocenters. The molecular formula is C24H28N4O. The van der Waals surface area contributed by atoms with Crippen LogP contribution >= 0.6 is 0 Å². The smallest absolute Gasteiger partial charge is 0.152 e. The number of hydrogen-bond donors (Lipinski definition) is 1. The first kappa shape index (κ1) is 18.5. The van der Waals surface area contributed by atoms with Gasteiger partial charge in [0, 0.05) is 37.3 Å². The zero-order valence-corrected chi connectivity index (χ0v) is 16.9. The number of aromatic nitrogens is 2. The Kier molecular flexibility index (Phi) is 5.17. The zero-order chi connectivity index (χ0) is 19.6. The molecule has 3 saturated heterocycles. The van der Waals surface area contributed by atoms with Crippen molar-refractivity contribution in [3.8, 4) is 11.5 Å². The molecule has 0 saturated carbocycles. The van der Waals surface area contributed by atoms with Crippen LogP contribution in [0, 0.1) is 12.8 Å². The highest BCUT2D eigenvalue weighted by Crippen LogP contribution is 2.41. The molecule has 1 aromatic carbocycles. The highest BCUT2D eigenvalue weighted by molar-refractivity contribution is 5.52. The largest absolute Gasteiger partial charge is 0.463 e.